The van der Waals surface area contributed by atoms with E-state index in [-0.39, 0.29) is 28.3 Å². The molecule has 0 bridgehead atoms. The number of aryl methyl sites for hydroxylation is 1. The van der Waals surface area contributed by atoms with Gasteiger partial charge in [0.15, 0.2) is 0 Å². The number of carbonyl (C=O) groups is 2. The minimum atomic E-state index is -4.55. The van der Waals surface area contributed by atoms with Crippen molar-refractivity contribution >= 4 is 21.8 Å². The van der Waals surface area contributed by atoms with E-state index < -0.39 is 64.4 Å². The Balaban J connectivity index is 1.96. The molecule has 2 aromatic carbocycles. The van der Waals surface area contributed by atoms with E-state index in [0.717, 1.165) is 24.7 Å². The van der Waals surface area contributed by atoms with Gasteiger partial charge in [0.25, 0.3) is 11.8 Å². The molecule has 0 saturated carbocycles. The predicted molar refractivity (Wildman–Crippen MR) is 142 cm³/mol. The number of hydrogen-bond donors (Lipinski definition) is 4. The number of nitrogens with one attached hydrogen (secondary N) is 1. The molecular weight excluding hydrogens is 543 g/mol. The number of amides is 2. The highest BCUT2D eigenvalue weighted by Gasteiger charge is 2.34. The second kappa shape index (κ2) is 13.5. The van der Waals surface area contributed by atoms with E-state index in [1.807, 2.05) is 0 Å². The second-order valence-electron chi connectivity index (χ2n) is 9.16. The first-order valence-electron chi connectivity index (χ1n) is 12.2. The summed E-state index contributed by atoms with van der Waals surface area (Å²) < 4.78 is 41.8. The quantitative estimate of drug-likeness (QED) is 0.186. The standard InChI is InChI=1S/C27H31FN4O7S/c1-18-8-9-21(28)14-25(18)40(38,39)32(16-26(35)31(2)37)15-24(34)23(12-19-6-4-3-5-7-19)30-27(36)20-10-11-29-22(13-20)17-33/h3-11,13-14,23-24,33-34,37H,12,15-17H2,1-2H3,(H,30,36)/t23-,24+/m0/s1. The molecule has 0 aliphatic rings. The SMILES string of the molecule is Cc1ccc(F)cc1S(=O)(=O)N(CC(=O)N(C)O)C[C@@H](O)[C@H](Cc1ccccc1)NC(=O)c1ccnc(CO)c1. The fraction of sp³-hybridized carbons (Fsp3) is 0.296. The van der Waals surface area contributed by atoms with Crippen LogP contribution in [-0.4, -0.2) is 82.3 Å². The van der Waals surface area contributed by atoms with Crippen molar-refractivity contribution in [3.8, 4) is 0 Å². The zero-order chi connectivity index (χ0) is 29.4. The lowest BCUT2D eigenvalue weighted by Gasteiger charge is -2.30. The minimum absolute atomic E-state index is 0.0897. The Labute approximate surface area is 231 Å². The first-order valence-corrected chi connectivity index (χ1v) is 13.7. The smallest absolute Gasteiger partial charge is 0.260 e. The van der Waals surface area contributed by atoms with Crippen molar-refractivity contribution in [3.63, 3.8) is 0 Å². The highest BCUT2D eigenvalue weighted by atomic mass is 32.2. The molecule has 4 N–H and O–H groups in total. The third kappa shape index (κ3) is 7.90. The van der Waals surface area contributed by atoms with Gasteiger partial charge in [-0.05, 0) is 48.7 Å². The number of hydroxylamine groups is 2. The summed E-state index contributed by atoms with van der Waals surface area (Å²) in [5.74, 6) is -2.43. The van der Waals surface area contributed by atoms with Gasteiger partial charge < -0.3 is 15.5 Å². The van der Waals surface area contributed by atoms with E-state index in [1.54, 1.807) is 30.3 Å². The molecule has 13 heteroatoms. The average Bonchev–Trinajstić information content (AvgIpc) is 2.93. The zero-order valence-electron chi connectivity index (χ0n) is 21.9. The molecule has 0 spiro atoms. The highest BCUT2D eigenvalue weighted by Crippen LogP contribution is 2.22. The molecule has 0 unspecified atom stereocenters. The molecule has 40 heavy (non-hydrogen) atoms. The van der Waals surface area contributed by atoms with Crippen molar-refractivity contribution in [1.82, 2.24) is 19.7 Å². The summed E-state index contributed by atoms with van der Waals surface area (Å²) in [6.07, 6.45) is -0.119. The number of benzene rings is 2. The van der Waals surface area contributed by atoms with Crippen molar-refractivity contribution in [3.05, 3.63) is 95.1 Å². The Hall–Kier alpha value is -3.75. The van der Waals surface area contributed by atoms with Crippen LogP contribution in [0.5, 0.6) is 0 Å². The van der Waals surface area contributed by atoms with Gasteiger partial charge in [-0.1, -0.05) is 36.4 Å². The van der Waals surface area contributed by atoms with Gasteiger partial charge in [-0.15, -0.1) is 0 Å². The van der Waals surface area contributed by atoms with Crippen LogP contribution in [0.15, 0.2) is 71.8 Å². The predicted octanol–water partition coefficient (Wildman–Crippen LogP) is 1.26. The summed E-state index contributed by atoms with van der Waals surface area (Å²) in [7, 11) is -3.53. The van der Waals surface area contributed by atoms with E-state index in [0.29, 0.717) is 4.31 Å². The maximum absolute atomic E-state index is 14.0. The Morgan fingerprint density at radius 1 is 1.10 bits per heavy atom. The zero-order valence-corrected chi connectivity index (χ0v) is 22.8. The van der Waals surface area contributed by atoms with Crippen LogP contribution >= 0.6 is 0 Å². The lowest BCUT2D eigenvalue weighted by atomic mass is 10.0. The Bertz CT molecular complexity index is 1440. The second-order valence-corrected chi connectivity index (χ2v) is 11.1. The molecule has 2 atom stereocenters. The van der Waals surface area contributed by atoms with E-state index in [1.165, 1.54) is 31.3 Å². The summed E-state index contributed by atoms with van der Waals surface area (Å²) in [6.45, 7) is -0.474. The van der Waals surface area contributed by atoms with Crippen molar-refractivity contribution in [2.75, 3.05) is 20.1 Å². The molecule has 1 aromatic heterocycles. The van der Waals surface area contributed by atoms with Crippen LogP contribution in [0.25, 0.3) is 0 Å². The van der Waals surface area contributed by atoms with Crippen LogP contribution in [0, 0.1) is 12.7 Å². The van der Waals surface area contributed by atoms with Crippen LogP contribution in [-0.2, 0) is 27.8 Å². The molecule has 0 saturated heterocycles. The molecule has 3 rings (SSSR count). The summed E-state index contributed by atoms with van der Waals surface area (Å²) in [4.78, 5) is 29.0. The number of carbonyl (C=O) groups excluding carboxylic acids is 2. The topological polar surface area (TPSA) is 160 Å². The van der Waals surface area contributed by atoms with E-state index in [2.05, 4.69) is 10.3 Å². The fourth-order valence-corrected chi connectivity index (χ4v) is 5.58. The van der Waals surface area contributed by atoms with E-state index in [4.69, 9.17) is 0 Å². The lowest BCUT2D eigenvalue weighted by molar-refractivity contribution is -0.159. The number of aliphatic hydroxyl groups is 2. The van der Waals surface area contributed by atoms with Gasteiger partial charge in [-0.25, -0.2) is 17.9 Å². The maximum atomic E-state index is 14.0. The van der Waals surface area contributed by atoms with Crippen molar-refractivity contribution in [2.24, 2.45) is 0 Å². The number of hydrogen-bond acceptors (Lipinski definition) is 8. The number of sulfonamides is 1. The van der Waals surface area contributed by atoms with Crippen molar-refractivity contribution in [2.45, 2.75) is 37.0 Å². The monoisotopic (exact) mass is 574 g/mol. The molecular formula is C27H31FN4O7S. The number of aliphatic hydroxyl groups excluding tert-OH is 2. The van der Waals surface area contributed by atoms with Crippen LogP contribution in [0.1, 0.15) is 27.2 Å². The Morgan fingerprint density at radius 2 is 1.80 bits per heavy atom. The van der Waals surface area contributed by atoms with Gasteiger partial charge in [0.2, 0.25) is 10.0 Å². The van der Waals surface area contributed by atoms with Crippen LogP contribution in [0.4, 0.5) is 4.39 Å². The van der Waals surface area contributed by atoms with Crippen LogP contribution in [0.2, 0.25) is 0 Å². The number of halogens is 1. The first-order chi connectivity index (χ1) is 18.9. The maximum Gasteiger partial charge on any atom is 0.260 e. The summed E-state index contributed by atoms with van der Waals surface area (Å²) >= 11 is 0. The largest absolute Gasteiger partial charge is 0.390 e. The molecule has 214 valence electrons. The number of pyridine rings is 1. The molecule has 3 aromatic rings. The van der Waals surface area contributed by atoms with Crippen molar-refractivity contribution in [1.29, 1.82) is 0 Å². The Kier molecular flexibility index (Phi) is 10.4. The molecule has 0 radical (unpaired) electrons. The summed E-state index contributed by atoms with van der Waals surface area (Å²) in [6, 6.07) is 13.7. The third-order valence-corrected chi connectivity index (χ3v) is 8.11. The minimum Gasteiger partial charge on any atom is -0.390 e. The number of rotatable bonds is 12. The first kappa shape index (κ1) is 30.8. The van der Waals surface area contributed by atoms with Gasteiger partial charge >= 0.3 is 0 Å². The van der Waals surface area contributed by atoms with Gasteiger partial charge in [0.05, 0.1) is 35.9 Å². The summed E-state index contributed by atoms with van der Waals surface area (Å²) in [5.41, 5.74) is 1.33. The lowest BCUT2D eigenvalue weighted by Crippen LogP contribution is -2.52. The van der Waals surface area contributed by atoms with Gasteiger partial charge in [-0.2, -0.15) is 4.31 Å². The molecule has 2 amide bonds. The molecule has 1 heterocycles. The van der Waals surface area contributed by atoms with Gasteiger partial charge in [0.1, 0.15) is 5.82 Å². The average molecular weight is 575 g/mol. The number of likely N-dealkylation sites (N-methyl/N-ethyl adjacent to an activating group) is 1. The van der Waals surface area contributed by atoms with E-state index in [9.17, 15) is 37.8 Å². The molecule has 0 aliphatic heterocycles. The van der Waals surface area contributed by atoms with Gasteiger partial charge in [-0.3, -0.25) is 19.8 Å². The summed E-state index contributed by atoms with van der Waals surface area (Å²) in [5, 5.41) is 33.1. The van der Waals surface area contributed by atoms with Gasteiger partial charge in [0, 0.05) is 25.4 Å². The fourth-order valence-electron chi connectivity index (χ4n) is 3.94. The molecule has 0 fully saturated rings. The van der Waals surface area contributed by atoms with Crippen LogP contribution in [0.3, 0.4) is 0 Å². The third-order valence-electron chi connectivity index (χ3n) is 6.15. The van der Waals surface area contributed by atoms with Crippen LogP contribution < -0.4 is 5.32 Å². The highest BCUT2D eigenvalue weighted by molar-refractivity contribution is 7.89. The van der Waals surface area contributed by atoms with Crippen molar-refractivity contribution < 1.29 is 37.8 Å². The normalized spacial score (nSPS) is 13.1. The number of nitrogens with zero attached hydrogens (tertiary/aromatic N) is 3. The number of aromatic nitrogens is 1. The molecule has 0 aliphatic carbocycles. The Morgan fingerprint density at radius 3 is 2.45 bits per heavy atom. The molecule has 11 nitrogen and oxygen atoms in total. The van der Waals surface area contributed by atoms with E-state index >= 15 is 0 Å².